The molecule has 3 aliphatic rings. The summed E-state index contributed by atoms with van der Waals surface area (Å²) in [6.45, 7) is 1.99. The van der Waals surface area contributed by atoms with Crippen LogP contribution in [-0.2, 0) is 22.7 Å². The van der Waals surface area contributed by atoms with Crippen molar-refractivity contribution in [3.8, 4) is 22.8 Å². The van der Waals surface area contributed by atoms with Crippen molar-refractivity contribution in [3.63, 3.8) is 0 Å². The van der Waals surface area contributed by atoms with Crippen LogP contribution in [0, 0.1) is 5.82 Å². The second kappa shape index (κ2) is 12.4. The molecule has 0 aliphatic carbocycles. The van der Waals surface area contributed by atoms with Gasteiger partial charge in [0.15, 0.2) is 5.65 Å². The SMILES string of the molecule is Nc1ncnc2c1c(-c1ccc(Oc3ccccc3)cc1)nn2C1CCN(Cc2cc3c(cc2F)C(=O)N([C@H]2CCC(=O)NC2=O)C3)CC1. The molecule has 2 fully saturated rings. The number of aromatic nitrogens is 4. The molecule has 5 aromatic rings. The molecule has 2 saturated heterocycles. The van der Waals surface area contributed by atoms with Gasteiger partial charge in [-0.1, -0.05) is 18.2 Å². The monoisotopic (exact) mass is 660 g/mol. The van der Waals surface area contributed by atoms with Crippen molar-refractivity contribution in [1.82, 2.24) is 34.9 Å². The first kappa shape index (κ1) is 30.6. The van der Waals surface area contributed by atoms with Gasteiger partial charge in [0.25, 0.3) is 5.91 Å². The van der Waals surface area contributed by atoms with Gasteiger partial charge in [0.1, 0.15) is 41.2 Å². The summed E-state index contributed by atoms with van der Waals surface area (Å²) in [5.41, 5.74) is 10.1. The van der Waals surface area contributed by atoms with Crippen molar-refractivity contribution in [1.29, 1.82) is 0 Å². The standard InChI is InChI=1S/C36H33FN8O4/c37-28-17-27-22(19-44(36(27)48)29-10-11-30(46)41-35(29)47)16-23(28)18-43-14-12-24(13-15-43)45-34-31(33(38)39-20-40-34)32(42-45)21-6-8-26(9-7-21)49-25-4-2-1-3-5-25/h1-9,16-17,20,24,29H,10-15,18-19H2,(H2,38,39,40)(H,41,46,47)/t29-/m0/s1. The van der Waals surface area contributed by atoms with E-state index in [4.69, 9.17) is 15.6 Å². The molecule has 3 amide bonds. The van der Waals surface area contributed by atoms with Crippen LogP contribution in [0.4, 0.5) is 10.2 Å². The molecular weight excluding hydrogens is 627 g/mol. The van der Waals surface area contributed by atoms with Crippen LogP contribution in [0.1, 0.15) is 53.2 Å². The van der Waals surface area contributed by atoms with Gasteiger partial charge in [-0.05, 0) is 73.4 Å². The first-order valence-corrected chi connectivity index (χ1v) is 16.3. The van der Waals surface area contributed by atoms with Crippen LogP contribution in [0.25, 0.3) is 22.3 Å². The smallest absolute Gasteiger partial charge is 0.255 e. The zero-order valence-electron chi connectivity index (χ0n) is 26.5. The van der Waals surface area contributed by atoms with E-state index in [1.807, 2.05) is 59.3 Å². The van der Waals surface area contributed by atoms with Gasteiger partial charge in [0.2, 0.25) is 11.8 Å². The molecule has 248 valence electrons. The molecule has 1 atom stereocenters. The highest BCUT2D eigenvalue weighted by molar-refractivity contribution is 6.05. The third kappa shape index (κ3) is 5.75. The lowest BCUT2D eigenvalue weighted by Gasteiger charge is -2.32. The molecule has 2 aromatic heterocycles. The molecule has 0 bridgehead atoms. The molecular formula is C36H33FN8O4. The number of piperidine rings is 2. The highest BCUT2D eigenvalue weighted by Crippen LogP contribution is 2.36. The highest BCUT2D eigenvalue weighted by atomic mass is 19.1. The number of para-hydroxylation sites is 1. The summed E-state index contributed by atoms with van der Waals surface area (Å²) in [4.78, 5) is 49.5. The fourth-order valence-corrected chi connectivity index (χ4v) is 7.08. The number of fused-ring (bicyclic) bond motifs is 2. The van der Waals surface area contributed by atoms with Crippen molar-refractivity contribution < 1.29 is 23.5 Å². The number of hydrogen-bond acceptors (Lipinski definition) is 9. The number of carbonyl (C=O) groups excluding carboxylic acids is 3. The molecule has 0 saturated carbocycles. The number of rotatable bonds is 7. The number of nitrogens with two attached hydrogens (primary N) is 1. The minimum absolute atomic E-state index is 0.0482. The largest absolute Gasteiger partial charge is 0.457 e. The van der Waals surface area contributed by atoms with E-state index in [0.29, 0.717) is 59.1 Å². The molecule has 0 unspecified atom stereocenters. The minimum atomic E-state index is -0.740. The zero-order chi connectivity index (χ0) is 33.6. The summed E-state index contributed by atoms with van der Waals surface area (Å²) >= 11 is 0. The van der Waals surface area contributed by atoms with Crippen molar-refractivity contribution in [3.05, 3.63) is 95.6 Å². The summed E-state index contributed by atoms with van der Waals surface area (Å²) in [7, 11) is 0. The second-order valence-corrected chi connectivity index (χ2v) is 12.7. The Morgan fingerprint density at radius 1 is 0.939 bits per heavy atom. The number of imide groups is 1. The minimum Gasteiger partial charge on any atom is -0.457 e. The number of likely N-dealkylation sites (tertiary alicyclic amines) is 1. The van der Waals surface area contributed by atoms with Gasteiger partial charge in [0, 0.05) is 49.3 Å². The summed E-state index contributed by atoms with van der Waals surface area (Å²) in [6.07, 6.45) is 3.40. The van der Waals surface area contributed by atoms with Crippen molar-refractivity contribution in [2.24, 2.45) is 0 Å². The van der Waals surface area contributed by atoms with Crippen molar-refractivity contribution in [2.75, 3.05) is 18.8 Å². The third-order valence-corrected chi connectivity index (χ3v) is 9.61. The Kier molecular flexibility index (Phi) is 7.75. The second-order valence-electron chi connectivity index (χ2n) is 12.7. The molecule has 3 aliphatic heterocycles. The van der Waals surface area contributed by atoms with E-state index in [0.717, 1.165) is 24.2 Å². The maximum Gasteiger partial charge on any atom is 0.255 e. The molecule has 8 rings (SSSR count). The Morgan fingerprint density at radius 3 is 2.45 bits per heavy atom. The van der Waals surface area contributed by atoms with Gasteiger partial charge in [-0.2, -0.15) is 5.10 Å². The van der Waals surface area contributed by atoms with Gasteiger partial charge in [-0.25, -0.2) is 19.0 Å². The number of anilines is 1. The van der Waals surface area contributed by atoms with Crippen LogP contribution < -0.4 is 15.8 Å². The van der Waals surface area contributed by atoms with Gasteiger partial charge in [0.05, 0.1) is 11.4 Å². The van der Waals surface area contributed by atoms with Crippen LogP contribution in [0.2, 0.25) is 0 Å². The fraction of sp³-hybridized carbons (Fsp3) is 0.278. The number of hydrogen-bond donors (Lipinski definition) is 2. The molecule has 0 radical (unpaired) electrons. The Labute approximate surface area is 280 Å². The molecule has 12 nitrogen and oxygen atoms in total. The number of amides is 3. The van der Waals surface area contributed by atoms with E-state index in [-0.39, 0.29) is 42.8 Å². The maximum absolute atomic E-state index is 15.4. The normalized spacial score (nSPS) is 18.6. The van der Waals surface area contributed by atoms with Crippen molar-refractivity contribution in [2.45, 2.75) is 50.9 Å². The fourth-order valence-electron chi connectivity index (χ4n) is 7.08. The van der Waals surface area contributed by atoms with E-state index in [1.54, 1.807) is 6.07 Å². The maximum atomic E-state index is 15.4. The number of nitrogens with one attached hydrogen (secondary N) is 1. The summed E-state index contributed by atoms with van der Waals surface area (Å²) in [6, 6.07) is 19.6. The summed E-state index contributed by atoms with van der Waals surface area (Å²) in [5, 5.41) is 8.01. The van der Waals surface area contributed by atoms with E-state index in [1.165, 1.54) is 17.3 Å². The number of carbonyl (C=O) groups is 3. The van der Waals surface area contributed by atoms with Crippen LogP contribution in [0.5, 0.6) is 11.5 Å². The summed E-state index contributed by atoms with van der Waals surface area (Å²) < 4.78 is 23.3. The predicted octanol–water partition coefficient (Wildman–Crippen LogP) is 4.61. The number of nitrogens with zero attached hydrogens (tertiary/aromatic N) is 6. The average Bonchev–Trinajstić information content (AvgIpc) is 3.65. The first-order valence-electron chi connectivity index (χ1n) is 16.3. The number of benzene rings is 3. The number of halogens is 1. The predicted molar refractivity (Wildman–Crippen MR) is 178 cm³/mol. The number of ether oxygens (including phenoxy) is 1. The van der Waals surface area contributed by atoms with Crippen LogP contribution >= 0.6 is 0 Å². The van der Waals surface area contributed by atoms with Crippen LogP contribution in [0.15, 0.2) is 73.1 Å². The van der Waals surface area contributed by atoms with Gasteiger partial charge in [-0.15, -0.1) is 0 Å². The van der Waals surface area contributed by atoms with Gasteiger partial charge < -0.3 is 15.4 Å². The quantitative estimate of drug-likeness (QED) is 0.239. The molecule has 0 spiro atoms. The Bertz CT molecular complexity index is 2090. The molecule has 49 heavy (non-hydrogen) atoms. The number of nitrogen functional groups attached to an aromatic ring is 1. The van der Waals surface area contributed by atoms with Crippen LogP contribution in [-0.4, -0.2) is 66.4 Å². The molecule has 5 heterocycles. The van der Waals surface area contributed by atoms with Crippen molar-refractivity contribution >= 4 is 34.6 Å². The lowest BCUT2D eigenvalue weighted by Crippen LogP contribution is -2.52. The van der Waals surface area contributed by atoms with E-state index in [2.05, 4.69) is 20.2 Å². The lowest BCUT2D eigenvalue weighted by molar-refractivity contribution is -0.136. The van der Waals surface area contributed by atoms with E-state index < -0.39 is 17.8 Å². The van der Waals surface area contributed by atoms with Gasteiger partial charge in [-0.3, -0.25) is 24.6 Å². The van der Waals surface area contributed by atoms with Gasteiger partial charge >= 0.3 is 0 Å². The summed E-state index contributed by atoms with van der Waals surface area (Å²) in [5.74, 6) is 0.138. The van der Waals surface area contributed by atoms with E-state index >= 15 is 4.39 Å². The third-order valence-electron chi connectivity index (χ3n) is 9.61. The topological polar surface area (TPSA) is 149 Å². The molecule has 13 heteroatoms. The van der Waals surface area contributed by atoms with Crippen LogP contribution in [0.3, 0.4) is 0 Å². The molecule has 3 N–H and O–H groups in total. The first-order chi connectivity index (χ1) is 23.8. The molecule has 3 aromatic carbocycles. The van der Waals surface area contributed by atoms with E-state index in [9.17, 15) is 14.4 Å². The average molecular weight is 661 g/mol. The Hall–Kier alpha value is -5.69. The Balaban J connectivity index is 0.965. The lowest BCUT2D eigenvalue weighted by atomic mass is 10.0. The highest BCUT2D eigenvalue weighted by Gasteiger charge is 2.39. The zero-order valence-corrected chi connectivity index (χ0v) is 26.5. The Morgan fingerprint density at radius 2 is 1.69 bits per heavy atom.